The molecule has 3 N–H and O–H groups in total. The predicted octanol–water partition coefficient (Wildman–Crippen LogP) is 2.28. The Labute approximate surface area is 94.0 Å². The average Bonchev–Trinajstić information content (AvgIpc) is 2.23. The molecule has 0 bridgehead atoms. The van der Waals surface area contributed by atoms with Crippen molar-refractivity contribution in [2.24, 2.45) is 17.6 Å². The fourth-order valence-electron chi connectivity index (χ4n) is 3.01. The van der Waals surface area contributed by atoms with Crippen LogP contribution in [0.25, 0.3) is 0 Å². The first-order valence-electron chi connectivity index (χ1n) is 6.77. The molecule has 0 aromatic heterocycles. The maximum Gasteiger partial charge on any atom is 0.00966 e. The second kappa shape index (κ2) is 5.31. The van der Waals surface area contributed by atoms with Gasteiger partial charge in [0.2, 0.25) is 0 Å². The number of hydrogen-bond acceptors (Lipinski definition) is 2. The van der Waals surface area contributed by atoms with Gasteiger partial charge in [0.1, 0.15) is 0 Å². The van der Waals surface area contributed by atoms with Crippen LogP contribution in [0.4, 0.5) is 0 Å². The summed E-state index contributed by atoms with van der Waals surface area (Å²) in [5.74, 6) is 1.97. The summed E-state index contributed by atoms with van der Waals surface area (Å²) in [6.07, 6.45) is 9.61. The van der Waals surface area contributed by atoms with Gasteiger partial charge in [0.05, 0.1) is 0 Å². The zero-order valence-corrected chi connectivity index (χ0v) is 10.0. The minimum Gasteiger partial charge on any atom is -0.328 e. The van der Waals surface area contributed by atoms with Crippen molar-refractivity contribution in [2.45, 2.75) is 64.0 Å². The van der Waals surface area contributed by atoms with Gasteiger partial charge >= 0.3 is 0 Å². The van der Waals surface area contributed by atoms with Crippen LogP contribution in [-0.2, 0) is 0 Å². The second-order valence-corrected chi connectivity index (χ2v) is 5.63. The second-order valence-electron chi connectivity index (χ2n) is 5.63. The maximum atomic E-state index is 5.77. The molecule has 2 saturated carbocycles. The third-order valence-electron chi connectivity index (χ3n) is 4.41. The lowest BCUT2D eigenvalue weighted by molar-refractivity contribution is 0.229. The van der Waals surface area contributed by atoms with Gasteiger partial charge in [-0.2, -0.15) is 0 Å². The third-order valence-corrected chi connectivity index (χ3v) is 4.41. The van der Waals surface area contributed by atoms with Crippen LogP contribution in [0, 0.1) is 11.8 Å². The van der Waals surface area contributed by atoms with E-state index in [9.17, 15) is 0 Å². The highest BCUT2D eigenvalue weighted by atomic mass is 15.0. The van der Waals surface area contributed by atoms with Gasteiger partial charge in [-0.15, -0.1) is 0 Å². The van der Waals surface area contributed by atoms with Gasteiger partial charge in [-0.25, -0.2) is 0 Å². The Morgan fingerprint density at radius 3 is 2.20 bits per heavy atom. The molecule has 2 nitrogen and oxygen atoms in total. The smallest absolute Gasteiger partial charge is 0.00966 e. The highest BCUT2D eigenvalue weighted by molar-refractivity contribution is 4.88. The Bertz CT molecular complexity index is 179. The summed E-state index contributed by atoms with van der Waals surface area (Å²) in [6, 6.07) is 1.22. The van der Waals surface area contributed by atoms with E-state index in [1.807, 2.05) is 0 Å². The molecular weight excluding hydrogens is 184 g/mol. The van der Waals surface area contributed by atoms with Crippen LogP contribution in [0.5, 0.6) is 0 Å². The molecule has 0 amide bonds. The molecule has 2 aliphatic rings. The van der Waals surface area contributed by atoms with Crippen LogP contribution in [0.1, 0.15) is 51.9 Å². The van der Waals surface area contributed by atoms with Gasteiger partial charge in [-0.05, 0) is 44.1 Å². The zero-order valence-electron chi connectivity index (χ0n) is 10.0. The Morgan fingerprint density at radius 1 is 1.07 bits per heavy atom. The fraction of sp³-hybridized carbons (Fsp3) is 1.00. The van der Waals surface area contributed by atoms with E-state index < -0.39 is 0 Å². The molecule has 2 fully saturated rings. The quantitative estimate of drug-likeness (QED) is 0.747. The summed E-state index contributed by atoms with van der Waals surface area (Å²) in [6.45, 7) is 3.58. The van der Waals surface area contributed by atoms with Gasteiger partial charge in [-0.3, -0.25) is 0 Å². The fourth-order valence-corrected chi connectivity index (χ4v) is 3.01. The topological polar surface area (TPSA) is 38.0 Å². The summed E-state index contributed by atoms with van der Waals surface area (Å²) in [5, 5.41) is 3.67. The minimum atomic E-state index is 0.485. The summed E-state index contributed by atoms with van der Waals surface area (Å²) in [7, 11) is 0. The van der Waals surface area contributed by atoms with E-state index in [4.69, 9.17) is 5.73 Å². The van der Waals surface area contributed by atoms with Gasteiger partial charge in [0, 0.05) is 12.1 Å². The number of nitrogens with one attached hydrogen (secondary N) is 1. The summed E-state index contributed by atoms with van der Waals surface area (Å²) < 4.78 is 0. The van der Waals surface area contributed by atoms with Crippen molar-refractivity contribution < 1.29 is 0 Å². The molecule has 0 saturated heterocycles. The highest BCUT2D eigenvalue weighted by Crippen LogP contribution is 2.30. The van der Waals surface area contributed by atoms with Crippen molar-refractivity contribution in [1.29, 1.82) is 0 Å². The van der Waals surface area contributed by atoms with Crippen molar-refractivity contribution >= 4 is 0 Å². The van der Waals surface area contributed by atoms with Crippen molar-refractivity contribution in [3.05, 3.63) is 0 Å². The van der Waals surface area contributed by atoms with Crippen LogP contribution in [0.3, 0.4) is 0 Å². The first kappa shape index (κ1) is 11.4. The molecule has 2 heteroatoms. The van der Waals surface area contributed by atoms with E-state index >= 15 is 0 Å². The molecular formula is C13H26N2. The van der Waals surface area contributed by atoms with E-state index in [2.05, 4.69) is 12.2 Å². The maximum absolute atomic E-state index is 5.77. The van der Waals surface area contributed by atoms with E-state index in [0.717, 1.165) is 17.9 Å². The van der Waals surface area contributed by atoms with Crippen LogP contribution in [-0.4, -0.2) is 18.6 Å². The lowest BCUT2D eigenvalue weighted by Gasteiger charge is -2.35. The van der Waals surface area contributed by atoms with E-state index in [0.29, 0.717) is 6.04 Å². The lowest BCUT2D eigenvalue weighted by atomic mass is 9.80. The molecule has 0 aromatic rings. The largest absolute Gasteiger partial charge is 0.328 e. The van der Waals surface area contributed by atoms with E-state index in [-0.39, 0.29) is 0 Å². The molecule has 0 aliphatic heterocycles. The number of hydrogen-bond donors (Lipinski definition) is 2. The Kier molecular flexibility index (Phi) is 4.04. The summed E-state index contributed by atoms with van der Waals surface area (Å²) in [5.41, 5.74) is 5.77. The predicted molar refractivity (Wildman–Crippen MR) is 64.7 cm³/mol. The van der Waals surface area contributed by atoms with Crippen molar-refractivity contribution in [3.63, 3.8) is 0 Å². The van der Waals surface area contributed by atoms with Crippen LogP contribution in [0.15, 0.2) is 0 Å². The SMILES string of the molecule is CCC1CCC(CNC2CC(N)C2)CC1. The van der Waals surface area contributed by atoms with Gasteiger partial charge in [0.15, 0.2) is 0 Å². The Hall–Kier alpha value is -0.0800. The molecule has 0 radical (unpaired) electrons. The molecule has 0 heterocycles. The molecule has 0 aromatic carbocycles. The molecule has 15 heavy (non-hydrogen) atoms. The van der Waals surface area contributed by atoms with Crippen LogP contribution >= 0.6 is 0 Å². The van der Waals surface area contributed by atoms with E-state index in [1.54, 1.807) is 0 Å². The van der Waals surface area contributed by atoms with E-state index in [1.165, 1.54) is 51.5 Å². The molecule has 0 spiro atoms. The normalized spacial score (nSPS) is 41.2. The molecule has 2 aliphatic carbocycles. The minimum absolute atomic E-state index is 0.485. The van der Waals surface area contributed by atoms with Gasteiger partial charge in [0.25, 0.3) is 0 Å². The Balaban J connectivity index is 1.56. The Morgan fingerprint density at radius 2 is 1.67 bits per heavy atom. The van der Waals surface area contributed by atoms with Crippen LogP contribution < -0.4 is 11.1 Å². The lowest BCUT2D eigenvalue weighted by Crippen LogP contribution is -2.49. The van der Waals surface area contributed by atoms with Gasteiger partial charge in [-0.1, -0.05) is 26.2 Å². The van der Waals surface area contributed by atoms with Crippen molar-refractivity contribution in [1.82, 2.24) is 5.32 Å². The number of rotatable bonds is 4. The summed E-state index contributed by atoms with van der Waals surface area (Å²) >= 11 is 0. The van der Waals surface area contributed by atoms with Crippen molar-refractivity contribution in [3.8, 4) is 0 Å². The number of nitrogens with two attached hydrogens (primary N) is 1. The molecule has 0 unspecified atom stereocenters. The molecule has 0 atom stereocenters. The standard InChI is InChI=1S/C13H26N2/c1-2-10-3-5-11(6-4-10)9-15-13-7-12(14)8-13/h10-13,15H,2-9,14H2,1H3. The monoisotopic (exact) mass is 210 g/mol. The van der Waals surface area contributed by atoms with Gasteiger partial charge < -0.3 is 11.1 Å². The molecule has 2 rings (SSSR count). The third kappa shape index (κ3) is 3.18. The first-order valence-corrected chi connectivity index (χ1v) is 6.77. The van der Waals surface area contributed by atoms with Crippen molar-refractivity contribution in [2.75, 3.05) is 6.54 Å². The zero-order chi connectivity index (χ0) is 10.7. The van der Waals surface area contributed by atoms with Crippen LogP contribution in [0.2, 0.25) is 0 Å². The first-order chi connectivity index (χ1) is 7.28. The average molecular weight is 210 g/mol. The molecule has 88 valence electrons. The summed E-state index contributed by atoms with van der Waals surface area (Å²) in [4.78, 5) is 0. The highest BCUT2D eigenvalue weighted by Gasteiger charge is 2.26.